The summed E-state index contributed by atoms with van der Waals surface area (Å²) in [5.41, 5.74) is 0.272. The summed E-state index contributed by atoms with van der Waals surface area (Å²) in [5, 5.41) is 8.85. The first-order valence-corrected chi connectivity index (χ1v) is 9.81. The number of hydrogen-bond donors (Lipinski definition) is 1. The van der Waals surface area contributed by atoms with Gasteiger partial charge in [-0.05, 0) is 49.9 Å². The highest BCUT2D eigenvalue weighted by Gasteiger charge is 2.28. The van der Waals surface area contributed by atoms with Crippen LogP contribution in [-0.4, -0.2) is 60.8 Å². The molecule has 1 unspecified atom stereocenters. The Morgan fingerprint density at radius 3 is 2.44 bits per heavy atom. The van der Waals surface area contributed by atoms with Crippen molar-refractivity contribution in [2.45, 2.75) is 31.6 Å². The number of aliphatic carboxylic acids is 1. The second-order valence-electron chi connectivity index (χ2n) is 6.35. The van der Waals surface area contributed by atoms with E-state index in [1.54, 1.807) is 6.92 Å². The third-order valence-corrected chi connectivity index (χ3v) is 6.23. The van der Waals surface area contributed by atoms with Crippen LogP contribution >= 0.6 is 0 Å². The molecule has 1 aromatic carbocycles. The summed E-state index contributed by atoms with van der Waals surface area (Å²) in [7, 11) is -3.57. The SMILES string of the molecule is CCN(CC(=O)O)C(=O)c1ccc(S(=O)(=O)N2CCCC(C)C2)cc1. The summed E-state index contributed by atoms with van der Waals surface area (Å²) in [6.45, 7) is 4.61. The molecule has 0 bridgehead atoms. The van der Waals surface area contributed by atoms with E-state index in [2.05, 4.69) is 0 Å². The summed E-state index contributed by atoms with van der Waals surface area (Å²) in [4.78, 5) is 24.5. The topological polar surface area (TPSA) is 95.0 Å². The molecule has 8 heteroatoms. The third kappa shape index (κ3) is 4.58. The van der Waals surface area contributed by atoms with E-state index in [-0.39, 0.29) is 23.5 Å². The third-order valence-electron chi connectivity index (χ3n) is 4.35. The molecule has 1 aliphatic heterocycles. The standard InChI is InChI=1S/C17H24N2O5S/c1-3-18(12-16(20)21)17(22)14-6-8-15(9-7-14)25(23,24)19-10-4-5-13(2)11-19/h6-9,13H,3-5,10-12H2,1-2H3,(H,20,21). The molecule has 0 saturated carbocycles. The number of hydrogen-bond acceptors (Lipinski definition) is 4. The van der Waals surface area contributed by atoms with Gasteiger partial charge in [0.25, 0.3) is 5.91 Å². The fourth-order valence-electron chi connectivity index (χ4n) is 2.96. The molecule has 2 rings (SSSR count). The van der Waals surface area contributed by atoms with Crippen molar-refractivity contribution in [2.24, 2.45) is 5.92 Å². The number of benzene rings is 1. The number of nitrogens with zero attached hydrogens (tertiary/aromatic N) is 2. The molecule has 7 nitrogen and oxygen atoms in total. The Bertz CT molecular complexity index is 730. The van der Waals surface area contributed by atoms with Crippen LogP contribution in [0.2, 0.25) is 0 Å². The molecule has 1 aromatic rings. The number of carbonyl (C=O) groups excluding carboxylic acids is 1. The zero-order valence-corrected chi connectivity index (χ0v) is 15.3. The molecule has 0 aromatic heterocycles. The highest BCUT2D eigenvalue weighted by atomic mass is 32.2. The Morgan fingerprint density at radius 1 is 1.28 bits per heavy atom. The van der Waals surface area contributed by atoms with Crippen LogP contribution in [0.1, 0.15) is 37.0 Å². The summed E-state index contributed by atoms with van der Waals surface area (Å²) < 4.78 is 26.9. The lowest BCUT2D eigenvalue weighted by atomic mass is 10.0. The Morgan fingerprint density at radius 2 is 1.92 bits per heavy atom. The first kappa shape index (κ1) is 19.4. The van der Waals surface area contributed by atoms with Crippen molar-refractivity contribution in [2.75, 3.05) is 26.2 Å². The maximum Gasteiger partial charge on any atom is 0.323 e. The molecule has 0 radical (unpaired) electrons. The van der Waals surface area contributed by atoms with Crippen LogP contribution in [0.25, 0.3) is 0 Å². The highest BCUT2D eigenvalue weighted by molar-refractivity contribution is 7.89. The summed E-state index contributed by atoms with van der Waals surface area (Å²) in [5.74, 6) is -1.19. The van der Waals surface area contributed by atoms with Gasteiger partial charge in [-0.1, -0.05) is 6.92 Å². The minimum absolute atomic E-state index is 0.152. The Balaban J connectivity index is 2.18. The van der Waals surface area contributed by atoms with Crippen molar-refractivity contribution >= 4 is 21.9 Å². The number of carboxylic acids is 1. The number of rotatable bonds is 6. The fraction of sp³-hybridized carbons (Fsp3) is 0.529. The first-order valence-electron chi connectivity index (χ1n) is 8.37. The largest absolute Gasteiger partial charge is 0.480 e. The lowest BCUT2D eigenvalue weighted by Gasteiger charge is -2.30. The molecule has 0 aliphatic carbocycles. The molecular weight excluding hydrogens is 344 g/mol. The molecular formula is C17H24N2O5S. The minimum Gasteiger partial charge on any atom is -0.480 e. The maximum atomic E-state index is 12.7. The van der Waals surface area contributed by atoms with E-state index in [4.69, 9.17) is 5.11 Å². The molecule has 1 heterocycles. The second-order valence-corrected chi connectivity index (χ2v) is 8.29. The van der Waals surface area contributed by atoms with Gasteiger partial charge >= 0.3 is 5.97 Å². The van der Waals surface area contributed by atoms with Crippen LogP contribution in [0, 0.1) is 5.92 Å². The number of piperidine rings is 1. The summed E-state index contributed by atoms with van der Waals surface area (Å²) in [6.07, 6.45) is 1.87. The van der Waals surface area contributed by atoms with Gasteiger partial charge in [0.05, 0.1) is 4.90 Å². The average Bonchev–Trinajstić information content (AvgIpc) is 2.59. The predicted octanol–water partition coefficient (Wildman–Crippen LogP) is 1.65. The van der Waals surface area contributed by atoms with Gasteiger partial charge in [0.15, 0.2) is 0 Å². The van der Waals surface area contributed by atoms with Gasteiger partial charge in [0.1, 0.15) is 6.54 Å². The van der Waals surface area contributed by atoms with Crippen molar-refractivity contribution in [1.29, 1.82) is 0 Å². The quantitative estimate of drug-likeness (QED) is 0.824. The van der Waals surface area contributed by atoms with Crippen molar-refractivity contribution in [3.63, 3.8) is 0 Å². The van der Waals surface area contributed by atoms with E-state index in [9.17, 15) is 18.0 Å². The van der Waals surface area contributed by atoms with E-state index >= 15 is 0 Å². The lowest BCUT2D eigenvalue weighted by Crippen LogP contribution is -2.39. The summed E-state index contributed by atoms with van der Waals surface area (Å²) >= 11 is 0. The Hall–Kier alpha value is -1.93. The number of carboxylic acid groups (broad SMARTS) is 1. The van der Waals surface area contributed by atoms with Gasteiger partial charge in [-0.3, -0.25) is 9.59 Å². The van der Waals surface area contributed by atoms with E-state index < -0.39 is 21.9 Å². The van der Waals surface area contributed by atoms with Crippen molar-refractivity contribution in [3.8, 4) is 0 Å². The predicted molar refractivity (Wildman–Crippen MR) is 92.8 cm³/mol. The van der Waals surface area contributed by atoms with E-state index in [1.807, 2.05) is 6.92 Å². The smallest absolute Gasteiger partial charge is 0.323 e. The number of sulfonamides is 1. The Kier molecular flexibility index (Phi) is 6.18. The lowest BCUT2D eigenvalue weighted by molar-refractivity contribution is -0.137. The molecule has 138 valence electrons. The van der Waals surface area contributed by atoms with Crippen molar-refractivity contribution in [3.05, 3.63) is 29.8 Å². The van der Waals surface area contributed by atoms with Crippen LogP contribution in [-0.2, 0) is 14.8 Å². The number of carbonyl (C=O) groups is 2. The van der Waals surface area contributed by atoms with Gasteiger partial charge in [0, 0.05) is 25.2 Å². The van der Waals surface area contributed by atoms with Crippen LogP contribution in [0.3, 0.4) is 0 Å². The van der Waals surface area contributed by atoms with E-state index in [1.165, 1.54) is 33.5 Å². The molecule has 1 fully saturated rings. The van der Waals surface area contributed by atoms with Crippen LogP contribution in [0.5, 0.6) is 0 Å². The average molecular weight is 368 g/mol. The van der Waals surface area contributed by atoms with Crippen LogP contribution in [0.4, 0.5) is 0 Å². The van der Waals surface area contributed by atoms with Crippen LogP contribution < -0.4 is 0 Å². The maximum absolute atomic E-state index is 12.7. The van der Waals surface area contributed by atoms with Gasteiger partial charge < -0.3 is 10.0 Å². The number of likely N-dealkylation sites (N-methyl/N-ethyl adjacent to an activating group) is 1. The van der Waals surface area contributed by atoms with Gasteiger partial charge in [0.2, 0.25) is 10.0 Å². The zero-order chi connectivity index (χ0) is 18.6. The molecule has 25 heavy (non-hydrogen) atoms. The minimum atomic E-state index is -3.57. The van der Waals surface area contributed by atoms with Gasteiger partial charge in [-0.15, -0.1) is 0 Å². The second kappa shape index (κ2) is 7.97. The Labute approximate surface area is 148 Å². The van der Waals surface area contributed by atoms with E-state index in [0.717, 1.165) is 12.8 Å². The first-order chi connectivity index (χ1) is 11.8. The highest BCUT2D eigenvalue weighted by Crippen LogP contribution is 2.23. The van der Waals surface area contributed by atoms with E-state index in [0.29, 0.717) is 19.0 Å². The van der Waals surface area contributed by atoms with Crippen molar-refractivity contribution in [1.82, 2.24) is 9.21 Å². The van der Waals surface area contributed by atoms with Crippen molar-refractivity contribution < 1.29 is 23.1 Å². The molecule has 0 spiro atoms. The number of amides is 1. The fourth-order valence-corrected chi connectivity index (χ4v) is 4.55. The zero-order valence-electron chi connectivity index (χ0n) is 14.5. The molecule has 1 amide bonds. The summed E-state index contributed by atoms with van der Waals surface area (Å²) in [6, 6.07) is 5.70. The molecule has 1 aliphatic rings. The molecule has 1 atom stereocenters. The molecule has 1 saturated heterocycles. The normalized spacial score (nSPS) is 18.7. The van der Waals surface area contributed by atoms with Crippen LogP contribution in [0.15, 0.2) is 29.2 Å². The monoisotopic (exact) mass is 368 g/mol. The van der Waals surface area contributed by atoms with Gasteiger partial charge in [-0.2, -0.15) is 4.31 Å². The van der Waals surface area contributed by atoms with Gasteiger partial charge in [-0.25, -0.2) is 8.42 Å². The molecule has 1 N–H and O–H groups in total.